The molecule has 1 saturated carbocycles. The standard InChI is InChI=1S/C19H21BrN2O2/c20-16-8-6-14(7-9-16)12-21-17-10-18(11-17)22-19(23)24-13-15-4-2-1-3-5-15/h1-9,17-18,21H,10-13H2,(H,22,23). The Labute approximate surface area is 150 Å². The van der Waals surface area contributed by atoms with Crippen LogP contribution in [0.1, 0.15) is 24.0 Å². The number of ether oxygens (including phenoxy) is 1. The Balaban J connectivity index is 1.30. The zero-order valence-corrected chi connectivity index (χ0v) is 15.0. The Morgan fingerprint density at radius 2 is 1.71 bits per heavy atom. The molecule has 24 heavy (non-hydrogen) atoms. The zero-order valence-electron chi connectivity index (χ0n) is 13.4. The third-order valence-corrected chi connectivity index (χ3v) is 4.71. The number of carbonyl (C=O) groups excluding carboxylic acids is 1. The molecule has 1 aliphatic carbocycles. The first-order valence-electron chi connectivity index (χ1n) is 8.14. The smallest absolute Gasteiger partial charge is 0.407 e. The topological polar surface area (TPSA) is 50.4 Å². The van der Waals surface area contributed by atoms with Gasteiger partial charge in [-0.3, -0.25) is 0 Å². The van der Waals surface area contributed by atoms with E-state index in [1.807, 2.05) is 42.5 Å². The van der Waals surface area contributed by atoms with Gasteiger partial charge in [0.05, 0.1) is 0 Å². The number of hydrogen-bond acceptors (Lipinski definition) is 3. The molecule has 0 spiro atoms. The maximum atomic E-state index is 11.8. The number of amides is 1. The van der Waals surface area contributed by atoms with Crippen LogP contribution in [0.3, 0.4) is 0 Å². The molecule has 126 valence electrons. The van der Waals surface area contributed by atoms with Crippen LogP contribution in [0.5, 0.6) is 0 Å². The Morgan fingerprint density at radius 3 is 2.42 bits per heavy atom. The number of nitrogens with one attached hydrogen (secondary N) is 2. The lowest BCUT2D eigenvalue weighted by molar-refractivity contribution is 0.125. The molecule has 0 atom stereocenters. The highest BCUT2D eigenvalue weighted by molar-refractivity contribution is 9.10. The first kappa shape index (κ1) is 17.0. The van der Waals surface area contributed by atoms with Crippen molar-refractivity contribution in [2.45, 2.75) is 38.1 Å². The molecular weight excluding hydrogens is 368 g/mol. The van der Waals surface area contributed by atoms with Crippen LogP contribution < -0.4 is 10.6 Å². The lowest BCUT2D eigenvalue weighted by Gasteiger charge is -2.36. The van der Waals surface area contributed by atoms with Crippen LogP contribution in [0.4, 0.5) is 4.79 Å². The molecule has 1 amide bonds. The highest BCUT2D eigenvalue weighted by Gasteiger charge is 2.30. The Kier molecular flexibility index (Phi) is 5.88. The summed E-state index contributed by atoms with van der Waals surface area (Å²) in [5, 5.41) is 6.42. The minimum atomic E-state index is -0.338. The van der Waals surface area contributed by atoms with E-state index in [4.69, 9.17) is 4.74 Å². The van der Waals surface area contributed by atoms with Crippen LogP contribution in [0.25, 0.3) is 0 Å². The molecule has 2 aromatic carbocycles. The summed E-state index contributed by atoms with van der Waals surface area (Å²) in [6, 6.07) is 18.7. The fourth-order valence-electron chi connectivity index (χ4n) is 2.70. The summed E-state index contributed by atoms with van der Waals surface area (Å²) < 4.78 is 6.33. The van der Waals surface area contributed by atoms with E-state index in [0.717, 1.165) is 29.4 Å². The summed E-state index contributed by atoms with van der Waals surface area (Å²) >= 11 is 3.44. The lowest BCUT2D eigenvalue weighted by Crippen LogP contribution is -2.52. The third-order valence-electron chi connectivity index (χ3n) is 4.18. The summed E-state index contributed by atoms with van der Waals surface area (Å²) in [6.07, 6.45) is 1.55. The van der Waals surface area contributed by atoms with E-state index in [0.29, 0.717) is 12.6 Å². The largest absolute Gasteiger partial charge is 0.445 e. The van der Waals surface area contributed by atoms with Crippen LogP contribution in [0.15, 0.2) is 59.1 Å². The Morgan fingerprint density at radius 1 is 1.00 bits per heavy atom. The van der Waals surface area contributed by atoms with Gasteiger partial charge < -0.3 is 15.4 Å². The molecule has 0 bridgehead atoms. The van der Waals surface area contributed by atoms with Crippen molar-refractivity contribution in [2.24, 2.45) is 0 Å². The summed E-state index contributed by atoms with van der Waals surface area (Å²) in [5.41, 5.74) is 2.26. The second-order valence-corrected chi connectivity index (χ2v) is 6.99. The number of rotatable bonds is 6. The van der Waals surface area contributed by atoms with Crippen LogP contribution >= 0.6 is 15.9 Å². The third kappa shape index (κ3) is 5.08. The summed E-state index contributed by atoms with van der Waals surface area (Å²) in [5.74, 6) is 0. The number of carbonyl (C=O) groups is 1. The van der Waals surface area contributed by atoms with Gasteiger partial charge in [-0.2, -0.15) is 0 Å². The quantitative estimate of drug-likeness (QED) is 0.786. The van der Waals surface area contributed by atoms with Gasteiger partial charge in [-0.05, 0) is 36.1 Å². The van der Waals surface area contributed by atoms with Gasteiger partial charge in [-0.15, -0.1) is 0 Å². The molecule has 1 aliphatic rings. The molecule has 0 radical (unpaired) electrons. The molecule has 4 nitrogen and oxygen atoms in total. The van der Waals surface area contributed by atoms with Gasteiger partial charge in [0.15, 0.2) is 0 Å². The Bertz CT molecular complexity index is 655. The fourth-order valence-corrected chi connectivity index (χ4v) is 2.96. The molecule has 0 saturated heterocycles. The van der Waals surface area contributed by atoms with Crippen LogP contribution in [-0.4, -0.2) is 18.2 Å². The molecule has 5 heteroatoms. The predicted molar refractivity (Wildman–Crippen MR) is 97.6 cm³/mol. The molecule has 1 fully saturated rings. The first-order chi connectivity index (χ1) is 11.7. The number of alkyl carbamates (subject to hydrolysis) is 1. The van der Waals surface area contributed by atoms with Crippen molar-refractivity contribution in [1.29, 1.82) is 0 Å². The van der Waals surface area contributed by atoms with Crippen molar-refractivity contribution in [2.75, 3.05) is 0 Å². The molecule has 0 aromatic heterocycles. The number of hydrogen-bond donors (Lipinski definition) is 2. The minimum absolute atomic E-state index is 0.204. The average molecular weight is 389 g/mol. The van der Waals surface area contributed by atoms with Crippen molar-refractivity contribution in [3.05, 3.63) is 70.2 Å². The van der Waals surface area contributed by atoms with Gasteiger partial charge >= 0.3 is 6.09 Å². The summed E-state index contributed by atoms with van der Waals surface area (Å²) in [6.45, 7) is 1.16. The van der Waals surface area contributed by atoms with E-state index in [9.17, 15) is 4.79 Å². The normalized spacial score (nSPS) is 19.4. The van der Waals surface area contributed by atoms with E-state index in [1.54, 1.807) is 0 Å². The van der Waals surface area contributed by atoms with Gasteiger partial charge in [0.2, 0.25) is 0 Å². The van der Waals surface area contributed by atoms with Crippen LogP contribution in [0.2, 0.25) is 0 Å². The highest BCUT2D eigenvalue weighted by Crippen LogP contribution is 2.21. The van der Waals surface area contributed by atoms with Crippen molar-refractivity contribution in [3.8, 4) is 0 Å². The van der Waals surface area contributed by atoms with Crippen molar-refractivity contribution in [3.63, 3.8) is 0 Å². The molecule has 0 heterocycles. The number of halogens is 1. The highest BCUT2D eigenvalue weighted by atomic mass is 79.9. The summed E-state index contributed by atoms with van der Waals surface area (Å²) in [4.78, 5) is 11.8. The molecule has 3 rings (SSSR count). The second kappa shape index (κ2) is 8.31. The maximum Gasteiger partial charge on any atom is 0.407 e. The van der Waals surface area contributed by atoms with E-state index >= 15 is 0 Å². The van der Waals surface area contributed by atoms with Gasteiger partial charge in [0.1, 0.15) is 6.61 Å². The van der Waals surface area contributed by atoms with E-state index < -0.39 is 0 Å². The van der Waals surface area contributed by atoms with Crippen molar-refractivity contribution < 1.29 is 9.53 Å². The van der Waals surface area contributed by atoms with Gasteiger partial charge in [0, 0.05) is 23.1 Å². The Hall–Kier alpha value is -1.85. The number of benzene rings is 2. The van der Waals surface area contributed by atoms with Gasteiger partial charge in [-0.1, -0.05) is 58.4 Å². The van der Waals surface area contributed by atoms with Crippen LogP contribution in [-0.2, 0) is 17.9 Å². The molecule has 0 unspecified atom stereocenters. The first-order valence-corrected chi connectivity index (χ1v) is 8.93. The predicted octanol–water partition coefficient (Wildman–Crippen LogP) is 4.00. The zero-order chi connectivity index (χ0) is 16.8. The lowest BCUT2D eigenvalue weighted by atomic mass is 9.87. The van der Waals surface area contributed by atoms with Crippen LogP contribution in [0, 0.1) is 0 Å². The average Bonchev–Trinajstić information content (AvgIpc) is 2.57. The molecular formula is C19H21BrN2O2. The molecule has 0 aliphatic heterocycles. The van der Waals surface area contributed by atoms with E-state index in [-0.39, 0.29) is 12.1 Å². The fraction of sp³-hybridized carbons (Fsp3) is 0.316. The molecule has 2 N–H and O–H groups in total. The summed E-state index contributed by atoms with van der Waals surface area (Å²) in [7, 11) is 0. The second-order valence-electron chi connectivity index (χ2n) is 6.08. The van der Waals surface area contributed by atoms with Gasteiger partial charge in [-0.25, -0.2) is 4.79 Å². The molecule has 2 aromatic rings. The van der Waals surface area contributed by atoms with E-state index in [1.165, 1.54) is 5.56 Å². The van der Waals surface area contributed by atoms with Crippen molar-refractivity contribution in [1.82, 2.24) is 10.6 Å². The SMILES string of the molecule is O=C(NC1CC(NCc2ccc(Br)cc2)C1)OCc1ccccc1. The van der Waals surface area contributed by atoms with Gasteiger partial charge in [0.25, 0.3) is 0 Å². The minimum Gasteiger partial charge on any atom is -0.445 e. The monoisotopic (exact) mass is 388 g/mol. The van der Waals surface area contributed by atoms with Crippen molar-refractivity contribution >= 4 is 22.0 Å². The maximum absolute atomic E-state index is 11.8. The van der Waals surface area contributed by atoms with E-state index in [2.05, 4.69) is 38.7 Å².